The summed E-state index contributed by atoms with van der Waals surface area (Å²) in [6.07, 6.45) is 2.24. The Morgan fingerprint density at radius 1 is 1.35 bits per heavy atom. The topological polar surface area (TPSA) is 38.3 Å². The van der Waals surface area contributed by atoms with Crippen molar-refractivity contribution in [1.82, 2.24) is 5.32 Å². The van der Waals surface area contributed by atoms with Crippen LogP contribution in [0, 0.1) is 0 Å². The highest BCUT2D eigenvalue weighted by Gasteiger charge is 2.24. The predicted octanol–water partition coefficient (Wildman–Crippen LogP) is 2.39. The number of carbonyl (C=O) groups excluding carboxylic acids is 1. The van der Waals surface area contributed by atoms with Crippen molar-refractivity contribution in [1.29, 1.82) is 0 Å². The molecule has 1 aromatic rings. The lowest BCUT2D eigenvalue weighted by molar-refractivity contribution is -0.139. The maximum absolute atomic E-state index is 11.1. The van der Waals surface area contributed by atoms with Gasteiger partial charge in [0.1, 0.15) is 0 Å². The number of carbonyl (C=O) groups is 1. The van der Waals surface area contributed by atoms with Gasteiger partial charge in [0.25, 0.3) is 0 Å². The number of hydrogen-bond donors (Lipinski definition) is 1. The highest BCUT2D eigenvalue weighted by atomic mass is 16.5. The van der Waals surface area contributed by atoms with Gasteiger partial charge in [-0.1, -0.05) is 31.2 Å². The molecule has 0 aromatic heterocycles. The maximum Gasteiger partial charge on any atom is 0.319 e. The molecular weight excluding hydrogens is 214 g/mol. The molecule has 3 nitrogen and oxygen atoms in total. The normalized spacial score (nSPS) is 22.9. The van der Waals surface area contributed by atoms with E-state index in [0.29, 0.717) is 5.92 Å². The van der Waals surface area contributed by atoms with E-state index in [4.69, 9.17) is 0 Å². The molecule has 0 aliphatic heterocycles. The molecule has 92 valence electrons. The number of ether oxygens (including phenoxy) is 1. The number of methoxy groups -OCH3 is 1. The summed E-state index contributed by atoms with van der Waals surface area (Å²) >= 11 is 0. The quantitative estimate of drug-likeness (QED) is 0.815. The average Bonchev–Trinajstić information content (AvgIpc) is 2.38. The van der Waals surface area contributed by atoms with Crippen LogP contribution in [-0.4, -0.2) is 19.6 Å². The van der Waals surface area contributed by atoms with Gasteiger partial charge < -0.3 is 10.1 Å². The molecule has 0 heterocycles. The van der Waals surface area contributed by atoms with E-state index < -0.39 is 0 Å². The summed E-state index contributed by atoms with van der Waals surface area (Å²) in [5, 5.41) is 3.27. The summed E-state index contributed by atoms with van der Waals surface area (Å²) in [5.74, 6) is 0.406. The van der Waals surface area contributed by atoms with E-state index >= 15 is 0 Å². The molecule has 2 unspecified atom stereocenters. The molecule has 0 saturated carbocycles. The van der Waals surface area contributed by atoms with Crippen LogP contribution in [0.5, 0.6) is 0 Å². The van der Waals surface area contributed by atoms with Gasteiger partial charge in [0.15, 0.2) is 0 Å². The van der Waals surface area contributed by atoms with Gasteiger partial charge in [0.05, 0.1) is 13.7 Å². The van der Waals surface area contributed by atoms with Crippen LogP contribution in [0.3, 0.4) is 0 Å². The van der Waals surface area contributed by atoms with Crippen LogP contribution in [-0.2, 0) is 9.53 Å². The summed E-state index contributed by atoms with van der Waals surface area (Å²) in [7, 11) is 1.42. The van der Waals surface area contributed by atoms with Gasteiger partial charge in [0.2, 0.25) is 0 Å². The van der Waals surface area contributed by atoms with Crippen LogP contribution in [0.15, 0.2) is 24.3 Å². The largest absolute Gasteiger partial charge is 0.468 e. The zero-order valence-corrected chi connectivity index (χ0v) is 10.4. The molecule has 0 bridgehead atoms. The molecule has 1 aromatic carbocycles. The lowest BCUT2D eigenvalue weighted by atomic mass is 9.81. The van der Waals surface area contributed by atoms with E-state index in [0.717, 1.165) is 12.8 Å². The van der Waals surface area contributed by atoms with E-state index in [1.165, 1.54) is 18.2 Å². The van der Waals surface area contributed by atoms with Crippen molar-refractivity contribution in [3.05, 3.63) is 35.4 Å². The Balaban J connectivity index is 2.10. The molecule has 2 rings (SSSR count). The number of nitrogens with one attached hydrogen (secondary N) is 1. The summed E-state index contributed by atoms with van der Waals surface area (Å²) < 4.78 is 4.65. The summed E-state index contributed by atoms with van der Waals surface area (Å²) in [4.78, 5) is 11.1. The number of fused-ring (bicyclic) bond motifs is 1. The van der Waals surface area contributed by atoms with E-state index in [2.05, 4.69) is 41.2 Å². The molecule has 0 spiro atoms. The minimum atomic E-state index is -0.207. The van der Waals surface area contributed by atoms with E-state index in [1.54, 1.807) is 0 Å². The summed E-state index contributed by atoms with van der Waals surface area (Å²) in [6.45, 7) is 2.54. The zero-order chi connectivity index (χ0) is 12.3. The van der Waals surface area contributed by atoms with E-state index in [9.17, 15) is 4.79 Å². The van der Waals surface area contributed by atoms with E-state index in [-0.39, 0.29) is 18.6 Å². The molecular formula is C14H19NO2. The van der Waals surface area contributed by atoms with Crippen LogP contribution < -0.4 is 5.32 Å². The highest BCUT2D eigenvalue weighted by molar-refractivity contribution is 5.71. The second-order valence-corrected chi connectivity index (χ2v) is 4.62. The third kappa shape index (κ3) is 2.67. The molecule has 17 heavy (non-hydrogen) atoms. The standard InChI is InChI=1S/C14H19NO2/c1-10-7-8-13(15-9-14(16)17-2)12-6-4-3-5-11(10)12/h3-6,10,13,15H,7-9H2,1-2H3. The zero-order valence-electron chi connectivity index (χ0n) is 10.4. The molecule has 3 heteroatoms. The fourth-order valence-electron chi connectivity index (χ4n) is 2.50. The fraction of sp³-hybridized carbons (Fsp3) is 0.500. The van der Waals surface area contributed by atoms with Crippen molar-refractivity contribution >= 4 is 5.97 Å². The average molecular weight is 233 g/mol. The van der Waals surface area contributed by atoms with Crippen molar-refractivity contribution < 1.29 is 9.53 Å². The van der Waals surface area contributed by atoms with Gasteiger partial charge in [-0.3, -0.25) is 4.79 Å². The Bertz CT molecular complexity index is 403. The SMILES string of the molecule is COC(=O)CNC1CCC(C)c2ccccc21. The van der Waals surface area contributed by atoms with Crippen molar-refractivity contribution in [2.75, 3.05) is 13.7 Å². The first-order valence-electron chi connectivity index (χ1n) is 6.11. The third-order valence-electron chi connectivity index (χ3n) is 3.51. The van der Waals surface area contributed by atoms with E-state index in [1.807, 2.05) is 0 Å². The second-order valence-electron chi connectivity index (χ2n) is 4.62. The maximum atomic E-state index is 11.1. The molecule has 0 radical (unpaired) electrons. The molecule has 0 saturated heterocycles. The molecule has 2 atom stereocenters. The Hall–Kier alpha value is -1.35. The predicted molar refractivity (Wildman–Crippen MR) is 66.9 cm³/mol. The van der Waals surface area contributed by atoms with Crippen molar-refractivity contribution in [3.63, 3.8) is 0 Å². The molecule has 1 aliphatic carbocycles. The number of rotatable bonds is 3. The van der Waals surface area contributed by atoms with Crippen molar-refractivity contribution in [2.45, 2.75) is 31.7 Å². The van der Waals surface area contributed by atoms with Crippen LogP contribution in [0.4, 0.5) is 0 Å². The minimum absolute atomic E-state index is 0.207. The summed E-state index contributed by atoms with van der Waals surface area (Å²) in [5.41, 5.74) is 2.73. The fourth-order valence-corrected chi connectivity index (χ4v) is 2.50. The van der Waals surface area contributed by atoms with Gasteiger partial charge in [-0.15, -0.1) is 0 Å². The first-order chi connectivity index (χ1) is 8.22. The number of esters is 1. The van der Waals surface area contributed by atoms with Crippen molar-refractivity contribution in [2.24, 2.45) is 0 Å². The van der Waals surface area contributed by atoms with Gasteiger partial charge in [-0.25, -0.2) is 0 Å². The Morgan fingerprint density at radius 2 is 2.06 bits per heavy atom. The smallest absolute Gasteiger partial charge is 0.319 e. The van der Waals surface area contributed by atoms with Gasteiger partial charge in [0, 0.05) is 6.04 Å². The Labute approximate surface area is 102 Å². The second kappa shape index (κ2) is 5.32. The Kier molecular flexibility index (Phi) is 3.79. The lowest BCUT2D eigenvalue weighted by Gasteiger charge is -2.30. The highest BCUT2D eigenvalue weighted by Crippen LogP contribution is 2.36. The molecule has 1 N–H and O–H groups in total. The van der Waals surface area contributed by atoms with Crippen molar-refractivity contribution in [3.8, 4) is 0 Å². The first kappa shape index (κ1) is 12.1. The van der Waals surface area contributed by atoms with Crippen LogP contribution in [0.1, 0.15) is 42.9 Å². The first-order valence-corrected chi connectivity index (χ1v) is 6.11. The van der Waals surface area contributed by atoms with Crippen LogP contribution in [0.2, 0.25) is 0 Å². The minimum Gasteiger partial charge on any atom is -0.468 e. The van der Waals surface area contributed by atoms with Gasteiger partial charge in [-0.2, -0.15) is 0 Å². The Morgan fingerprint density at radius 3 is 2.76 bits per heavy atom. The molecule has 0 amide bonds. The van der Waals surface area contributed by atoms with Gasteiger partial charge >= 0.3 is 5.97 Å². The number of hydrogen-bond acceptors (Lipinski definition) is 3. The monoisotopic (exact) mass is 233 g/mol. The molecule has 0 fully saturated rings. The molecule has 1 aliphatic rings. The number of benzene rings is 1. The van der Waals surface area contributed by atoms with Crippen LogP contribution >= 0.6 is 0 Å². The third-order valence-corrected chi connectivity index (χ3v) is 3.51. The van der Waals surface area contributed by atoms with Crippen LogP contribution in [0.25, 0.3) is 0 Å². The van der Waals surface area contributed by atoms with Gasteiger partial charge in [-0.05, 0) is 29.9 Å². The summed E-state index contributed by atoms with van der Waals surface area (Å²) in [6, 6.07) is 8.76. The lowest BCUT2D eigenvalue weighted by Crippen LogP contribution is -2.31.